The fourth-order valence-electron chi connectivity index (χ4n) is 3.57. The number of benzene rings is 2. The van der Waals surface area contributed by atoms with Gasteiger partial charge in [-0.2, -0.15) is 5.10 Å². The molecule has 0 aliphatic rings. The molecule has 0 aliphatic carbocycles. The van der Waals surface area contributed by atoms with Crippen LogP contribution in [0.3, 0.4) is 0 Å². The first-order chi connectivity index (χ1) is 15.5. The van der Waals surface area contributed by atoms with Crippen LogP contribution in [0.1, 0.15) is 42.3 Å². The van der Waals surface area contributed by atoms with Gasteiger partial charge in [0, 0.05) is 13.6 Å². The van der Waals surface area contributed by atoms with E-state index in [9.17, 15) is 17.6 Å². The summed E-state index contributed by atoms with van der Waals surface area (Å²) in [7, 11) is -2.39. The second-order valence-electron chi connectivity index (χ2n) is 8.28. The zero-order valence-electron chi connectivity index (χ0n) is 19.5. The van der Waals surface area contributed by atoms with Gasteiger partial charge in [-0.3, -0.25) is 13.8 Å². The highest BCUT2D eigenvalue weighted by Gasteiger charge is 2.32. The second kappa shape index (κ2) is 9.74. The summed E-state index contributed by atoms with van der Waals surface area (Å²) in [6.07, 6.45) is 0. The number of carbonyl (C=O) groups excluding carboxylic acids is 1. The van der Waals surface area contributed by atoms with E-state index in [2.05, 4.69) is 24.3 Å². The molecular formula is C24H29FN4O3S. The van der Waals surface area contributed by atoms with Gasteiger partial charge in [0.05, 0.1) is 17.1 Å². The maximum Gasteiger partial charge on any atom is 0.268 e. The fourth-order valence-corrected chi connectivity index (χ4v) is 5.39. The Bertz CT molecular complexity index is 1230. The first kappa shape index (κ1) is 24.4. The Morgan fingerprint density at radius 1 is 1.09 bits per heavy atom. The van der Waals surface area contributed by atoms with E-state index >= 15 is 0 Å². The molecule has 7 nitrogen and oxygen atoms in total. The average Bonchev–Trinajstić information content (AvgIpc) is 3.03. The topological polar surface area (TPSA) is 84.3 Å². The number of anilines is 1. The molecule has 0 radical (unpaired) electrons. The smallest absolute Gasteiger partial charge is 0.268 e. The number of carbonyl (C=O) groups is 1. The Morgan fingerprint density at radius 2 is 1.70 bits per heavy atom. The Kier molecular flexibility index (Phi) is 7.22. The van der Waals surface area contributed by atoms with Crippen molar-refractivity contribution in [3.8, 4) is 0 Å². The third-order valence-corrected chi connectivity index (χ3v) is 7.56. The van der Waals surface area contributed by atoms with E-state index in [0.29, 0.717) is 22.6 Å². The van der Waals surface area contributed by atoms with Crippen LogP contribution in [0.15, 0.2) is 53.4 Å². The van der Waals surface area contributed by atoms with E-state index in [0.717, 1.165) is 9.87 Å². The predicted octanol–water partition coefficient (Wildman–Crippen LogP) is 3.81. The molecule has 0 unspecified atom stereocenters. The fraction of sp³-hybridized carbons (Fsp3) is 0.333. The number of amides is 1. The molecule has 3 aromatic rings. The molecule has 1 aromatic heterocycles. The van der Waals surface area contributed by atoms with E-state index in [1.165, 1.54) is 16.8 Å². The zero-order chi connectivity index (χ0) is 24.3. The predicted molar refractivity (Wildman–Crippen MR) is 126 cm³/mol. The molecule has 0 spiro atoms. The summed E-state index contributed by atoms with van der Waals surface area (Å²) in [5.74, 6) is -0.560. The van der Waals surface area contributed by atoms with E-state index in [1.54, 1.807) is 45.2 Å². The first-order valence-corrected chi connectivity index (χ1v) is 12.1. The summed E-state index contributed by atoms with van der Waals surface area (Å²) in [5, 5.41) is 6.95. The number of nitrogens with one attached hydrogen (secondary N) is 1. The highest BCUT2D eigenvalue weighted by atomic mass is 32.2. The number of hydrogen-bond acceptors (Lipinski definition) is 4. The minimum atomic E-state index is -4.07. The van der Waals surface area contributed by atoms with Crippen LogP contribution in [0.4, 0.5) is 10.1 Å². The molecule has 1 N–H and O–H groups in total. The Labute approximate surface area is 194 Å². The maximum atomic E-state index is 13.7. The Morgan fingerprint density at radius 3 is 2.21 bits per heavy atom. The lowest BCUT2D eigenvalue weighted by Crippen LogP contribution is -2.41. The lowest BCUT2D eigenvalue weighted by atomic mass is 10.0. The van der Waals surface area contributed by atoms with Gasteiger partial charge in [-0.25, -0.2) is 12.8 Å². The first-order valence-electron chi connectivity index (χ1n) is 10.6. The summed E-state index contributed by atoms with van der Waals surface area (Å²) in [5.41, 5.74) is 3.01. The summed E-state index contributed by atoms with van der Waals surface area (Å²) < 4.78 is 43.1. The van der Waals surface area contributed by atoms with Crippen LogP contribution in [0.25, 0.3) is 0 Å². The number of hydrogen-bond donors (Lipinski definition) is 1. The van der Waals surface area contributed by atoms with Gasteiger partial charge in [0.1, 0.15) is 17.3 Å². The summed E-state index contributed by atoms with van der Waals surface area (Å²) in [6.45, 7) is 7.17. The third kappa shape index (κ3) is 5.42. The number of rotatable bonds is 8. The molecule has 9 heteroatoms. The molecule has 0 aliphatic heterocycles. The summed E-state index contributed by atoms with van der Waals surface area (Å²) in [4.78, 5) is 12.9. The summed E-state index contributed by atoms with van der Waals surface area (Å²) >= 11 is 0. The van der Waals surface area contributed by atoms with Crippen molar-refractivity contribution in [1.82, 2.24) is 15.1 Å². The lowest BCUT2D eigenvalue weighted by molar-refractivity contribution is -0.119. The van der Waals surface area contributed by atoms with Crippen LogP contribution >= 0.6 is 0 Å². The summed E-state index contributed by atoms with van der Waals surface area (Å²) in [6, 6.07) is 12.9. The van der Waals surface area contributed by atoms with Gasteiger partial charge in [-0.15, -0.1) is 0 Å². The number of halogens is 1. The molecule has 1 amide bonds. The van der Waals surface area contributed by atoms with E-state index in [1.807, 2.05) is 12.1 Å². The maximum absolute atomic E-state index is 13.7. The highest BCUT2D eigenvalue weighted by molar-refractivity contribution is 7.93. The molecule has 0 fully saturated rings. The molecule has 0 saturated heterocycles. The molecule has 1 heterocycles. The minimum absolute atomic E-state index is 0.0873. The quantitative estimate of drug-likeness (QED) is 0.540. The normalized spacial score (nSPS) is 11.6. The van der Waals surface area contributed by atoms with Gasteiger partial charge in [-0.1, -0.05) is 38.1 Å². The minimum Gasteiger partial charge on any atom is -0.350 e. The molecule has 0 atom stereocenters. The van der Waals surface area contributed by atoms with Crippen molar-refractivity contribution in [1.29, 1.82) is 0 Å². The Hall–Kier alpha value is -3.20. The van der Waals surface area contributed by atoms with Crippen LogP contribution in [0, 0.1) is 19.7 Å². The monoisotopic (exact) mass is 472 g/mol. The zero-order valence-corrected chi connectivity index (χ0v) is 20.3. The number of aromatic nitrogens is 2. The standard InChI is InChI=1S/C24H29FN4O3S/c1-16(2)20-8-12-22(13-9-20)29(33(31,32)24-17(3)27-28(5)18(24)4)15-23(30)26-14-19-6-10-21(25)11-7-19/h6-13,16H,14-15H2,1-5H3,(H,26,30). The van der Waals surface area contributed by atoms with Gasteiger partial charge in [0.25, 0.3) is 10.0 Å². The molecule has 3 rings (SSSR count). The van der Waals surface area contributed by atoms with Gasteiger partial charge in [0.15, 0.2) is 0 Å². The van der Waals surface area contributed by atoms with Crippen molar-refractivity contribution in [3.63, 3.8) is 0 Å². The highest BCUT2D eigenvalue weighted by Crippen LogP contribution is 2.29. The van der Waals surface area contributed by atoms with Crippen molar-refractivity contribution >= 4 is 21.6 Å². The largest absolute Gasteiger partial charge is 0.350 e. The van der Waals surface area contributed by atoms with E-state index in [-0.39, 0.29) is 23.2 Å². The van der Waals surface area contributed by atoms with Crippen molar-refractivity contribution in [2.45, 2.75) is 45.1 Å². The molecule has 176 valence electrons. The van der Waals surface area contributed by atoms with Crippen molar-refractivity contribution in [3.05, 3.63) is 76.9 Å². The average molecular weight is 473 g/mol. The van der Waals surface area contributed by atoms with Crippen LogP contribution in [-0.2, 0) is 28.4 Å². The van der Waals surface area contributed by atoms with Crippen molar-refractivity contribution < 1.29 is 17.6 Å². The van der Waals surface area contributed by atoms with Gasteiger partial charge < -0.3 is 5.32 Å². The molecular weight excluding hydrogens is 443 g/mol. The molecule has 0 saturated carbocycles. The second-order valence-corrected chi connectivity index (χ2v) is 10.1. The number of sulfonamides is 1. The third-order valence-electron chi connectivity index (χ3n) is 5.53. The Balaban J connectivity index is 1.92. The SMILES string of the molecule is Cc1nn(C)c(C)c1S(=O)(=O)N(CC(=O)NCc1ccc(F)cc1)c1ccc(C(C)C)cc1. The number of nitrogens with zero attached hydrogens (tertiary/aromatic N) is 3. The molecule has 2 aromatic carbocycles. The molecule has 0 bridgehead atoms. The van der Waals surface area contributed by atoms with Crippen LogP contribution in [0.2, 0.25) is 0 Å². The van der Waals surface area contributed by atoms with Crippen molar-refractivity contribution in [2.75, 3.05) is 10.8 Å². The lowest BCUT2D eigenvalue weighted by Gasteiger charge is -2.24. The van der Waals surface area contributed by atoms with E-state index in [4.69, 9.17) is 0 Å². The van der Waals surface area contributed by atoms with Gasteiger partial charge in [0.2, 0.25) is 5.91 Å². The van der Waals surface area contributed by atoms with Crippen molar-refractivity contribution in [2.24, 2.45) is 7.05 Å². The number of aryl methyl sites for hydroxylation is 2. The van der Waals surface area contributed by atoms with Crippen LogP contribution < -0.4 is 9.62 Å². The van der Waals surface area contributed by atoms with Crippen LogP contribution in [-0.4, -0.2) is 30.7 Å². The van der Waals surface area contributed by atoms with Gasteiger partial charge in [-0.05, 0) is 55.2 Å². The molecule has 33 heavy (non-hydrogen) atoms. The van der Waals surface area contributed by atoms with Crippen LogP contribution in [0.5, 0.6) is 0 Å². The van der Waals surface area contributed by atoms with Gasteiger partial charge >= 0.3 is 0 Å². The van der Waals surface area contributed by atoms with E-state index < -0.39 is 22.5 Å².